The number of benzene rings is 1. The van der Waals surface area contributed by atoms with Gasteiger partial charge in [0, 0.05) is 0 Å². The lowest BCUT2D eigenvalue weighted by Gasteiger charge is -2.12. The number of nitrogens with zero attached hydrogens (tertiary/aromatic N) is 2. The van der Waals surface area contributed by atoms with Crippen LogP contribution >= 0.6 is 12.2 Å². The summed E-state index contributed by atoms with van der Waals surface area (Å²) in [5.41, 5.74) is 5.64. The Hall–Kier alpha value is -2.65. The van der Waals surface area contributed by atoms with Crippen LogP contribution in [0.4, 0.5) is 0 Å². The molecule has 2 rings (SSSR count). The van der Waals surface area contributed by atoms with Gasteiger partial charge in [0.2, 0.25) is 0 Å². The second-order valence-corrected chi connectivity index (χ2v) is 5.84. The zero-order valence-electron chi connectivity index (χ0n) is 13.5. The lowest BCUT2D eigenvalue weighted by Crippen LogP contribution is -3.06. The molecule has 0 aliphatic carbocycles. The molecule has 0 unspecified atom stereocenters. The zero-order valence-corrected chi connectivity index (χ0v) is 14.4. The maximum atomic E-state index is 12.1. The van der Waals surface area contributed by atoms with Crippen molar-refractivity contribution in [2.45, 2.75) is 0 Å². The lowest BCUT2D eigenvalue weighted by molar-refractivity contribution is -0.856. The van der Waals surface area contributed by atoms with Crippen LogP contribution in [0.1, 0.15) is 10.5 Å². The Morgan fingerprint density at radius 3 is 2.67 bits per heavy atom. The van der Waals surface area contributed by atoms with Crippen molar-refractivity contribution in [3.05, 3.63) is 42.2 Å². The van der Waals surface area contributed by atoms with Crippen molar-refractivity contribution >= 4 is 23.2 Å². The van der Waals surface area contributed by atoms with Crippen molar-refractivity contribution < 1.29 is 14.8 Å². The van der Waals surface area contributed by atoms with E-state index >= 15 is 0 Å². The number of hydrogen-bond acceptors (Lipinski definition) is 4. The van der Waals surface area contributed by atoms with Gasteiger partial charge in [-0.2, -0.15) is 5.10 Å². The third-order valence-electron chi connectivity index (χ3n) is 3.13. The first-order valence-electron chi connectivity index (χ1n) is 7.44. The SMILES string of the molecule is C[NH+](C)CCNC(=S)NNC(=O)c1nn(-c2ccccc2)cc1O. The molecule has 1 aromatic carbocycles. The quantitative estimate of drug-likeness (QED) is 0.345. The van der Waals surface area contributed by atoms with Gasteiger partial charge in [-0.1, -0.05) is 18.2 Å². The van der Waals surface area contributed by atoms with Gasteiger partial charge in [-0.25, -0.2) is 4.68 Å². The summed E-state index contributed by atoms with van der Waals surface area (Å²) >= 11 is 5.05. The Kier molecular flexibility index (Phi) is 6.10. The number of carbonyl (C=O) groups is 1. The molecule has 0 aliphatic rings. The fourth-order valence-electron chi connectivity index (χ4n) is 1.88. The minimum Gasteiger partial charge on any atom is -0.504 e. The zero-order chi connectivity index (χ0) is 17.5. The van der Waals surface area contributed by atoms with Crippen LogP contribution < -0.4 is 21.1 Å². The van der Waals surface area contributed by atoms with Crippen LogP contribution in [-0.2, 0) is 0 Å². The van der Waals surface area contributed by atoms with E-state index in [2.05, 4.69) is 21.3 Å². The average molecular weight is 349 g/mol. The molecule has 5 N–H and O–H groups in total. The monoisotopic (exact) mass is 349 g/mol. The predicted octanol–water partition coefficient (Wildman–Crippen LogP) is -1.17. The van der Waals surface area contributed by atoms with Gasteiger partial charge < -0.3 is 15.3 Å². The van der Waals surface area contributed by atoms with Gasteiger partial charge in [0.25, 0.3) is 5.91 Å². The van der Waals surface area contributed by atoms with Gasteiger partial charge >= 0.3 is 0 Å². The van der Waals surface area contributed by atoms with E-state index in [-0.39, 0.29) is 11.4 Å². The minimum absolute atomic E-state index is 0.0908. The van der Waals surface area contributed by atoms with Gasteiger partial charge in [-0.3, -0.25) is 15.6 Å². The van der Waals surface area contributed by atoms with Gasteiger partial charge in [0.15, 0.2) is 16.6 Å². The maximum Gasteiger partial charge on any atom is 0.294 e. The minimum atomic E-state index is -0.579. The summed E-state index contributed by atoms with van der Waals surface area (Å²) in [7, 11) is 4.07. The molecule has 0 saturated heterocycles. The van der Waals surface area contributed by atoms with E-state index in [1.165, 1.54) is 15.8 Å². The molecular formula is C15H21N6O2S+. The lowest BCUT2D eigenvalue weighted by atomic mass is 10.3. The number of hydrogen-bond donors (Lipinski definition) is 5. The maximum absolute atomic E-state index is 12.1. The fraction of sp³-hybridized carbons (Fsp3) is 0.267. The number of hydrazine groups is 1. The molecule has 1 aromatic heterocycles. The highest BCUT2D eigenvalue weighted by molar-refractivity contribution is 7.80. The van der Waals surface area contributed by atoms with E-state index in [0.717, 1.165) is 12.2 Å². The molecule has 0 saturated carbocycles. The molecule has 128 valence electrons. The van der Waals surface area contributed by atoms with Crippen LogP contribution in [-0.4, -0.2) is 53.1 Å². The first-order chi connectivity index (χ1) is 11.5. The molecule has 0 spiro atoms. The molecule has 0 bridgehead atoms. The Bertz CT molecular complexity index is 701. The highest BCUT2D eigenvalue weighted by Gasteiger charge is 2.17. The number of carbonyl (C=O) groups excluding carboxylic acids is 1. The summed E-state index contributed by atoms with van der Waals surface area (Å²) in [5.74, 6) is -0.794. The molecule has 0 atom stereocenters. The molecule has 0 fully saturated rings. The van der Waals surface area contributed by atoms with E-state index < -0.39 is 5.91 Å². The van der Waals surface area contributed by atoms with E-state index in [1.54, 1.807) is 0 Å². The van der Waals surface area contributed by atoms with Crippen LogP contribution in [0.25, 0.3) is 5.69 Å². The number of likely N-dealkylation sites (N-methyl/N-ethyl adjacent to an activating group) is 1. The van der Waals surface area contributed by atoms with Gasteiger partial charge in [-0.05, 0) is 24.4 Å². The van der Waals surface area contributed by atoms with Crippen molar-refractivity contribution in [3.8, 4) is 11.4 Å². The fourth-order valence-corrected chi connectivity index (χ4v) is 2.04. The number of rotatable bonds is 5. The highest BCUT2D eigenvalue weighted by atomic mass is 32.1. The largest absolute Gasteiger partial charge is 0.504 e. The van der Waals surface area contributed by atoms with Gasteiger partial charge in [-0.15, -0.1) is 0 Å². The summed E-state index contributed by atoms with van der Waals surface area (Å²) in [5, 5.41) is 17.3. The molecule has 24 heavy (non-hydrogen) atoms. The van der Waals surface area contributed by atoms with Crippen LogP contribution in [0.5, 0.6) is 5.75 Å². The smallest absolute Gasteiger partial charge is 0.294 e. The van der Waals surface area contributed by atoms with Gasteiger partial charge in [0.05, 0.1) is 39.1 Å². The Balaban J connectivity index is 1.91. The molecule has 1 heterocycles. The van der Waals surface area contributed by atoms with E-state index in [4.69, 9.17) is 12.2 Å². The summed E-state index contributed by atoms with van der Waals surface area (Å²) in [6.45, 7) is 1.57. The predicted molar refractivity (Wildman–Crippen MR) is 94.1 cm³/mol. The van der Waals surface area contributed by atoms with E-state index in [0.29, 0.717) is 11.7 Å². The molecular weight excluding hydrogens is 328 g/mol. The van der Waals surface area contributed by atoms with Crippen molar-refractivity contribution in [1.29, 1.82) is 0 Å². The normalized spacial score (nSPS) is 10.5. The molecule has 2 aromatic rings. The molecule has 0 aliphatic heterocycles. The summed E-state index contributed by atoms with van der Waals surface area (Å²) < 4.78 is 1.43. The average Bonchev–Trinajstić information content (AvgIpc) is 2.95. The van der Waals surface area contributed by atoms with E-state index in [9.17, 15) is 9.90 Å². The summed E-state index contributed by atoms with van der Waals surface area (Å²) in [6.07, 6.45) is 1.38. The molecule has 0 radical (unpaired) electrons. The van der Waals surface area contributed by atoms with Crippen LogP contribution in [0, 0.1) is 0 Å². The molecule has 9 heteroatoms. The summed E-state index contributed by atoms with van der Waals surface area (Å²) in [6, 6.07) is 9.19. The highest BCUT2D eigenvalue weighted by Crippen LogP contribution is 2.17. The number of thiocarbonyl (C=S) groups is 1. The van der Waals surface area contributed by atoms with Crippen LogP contribution in [0.2, 0.25) is 0 Å². The number of para-hydroxylation sites is 1. The number of aromatic hydroxyl groups is 1. The number of quaternary nitrogens is 1. The molecule has 8 nitrogen and oxygen atoms in total. The number of aromatic nitrogens is 2. The third-order valence-corrected chi connectivity index (χ3v) is 3.38. The van der Waals surface area contributed by atoms with E-state index in [1.807, 2.05) is 44.4 Å². The third kappa shape index (κ3) is 4.93. The second-order valence-electron chi connectivity index (χ2n) is 5.44. The first kappa shape index (κ1) is 17.7. The first-order valence-corrected chi connectivity index (χ1v) is 7.85. The molecule has 1 amide bonds. The van der Waals surface area contributed by atoms with Crippen molar-refractivity contribution in [2.75, 3.05) is 27.2 Å². The summed E-state index contributed by atoms with van der Waals surface area (Å²) in [4.78, 5) is 13.4. The second kappa shape index (κ2) is 8.27. The Labute approximate surface area is 145 Å². The van der Waals surface area contributed by atoms with Gasteiger partial charge in [0.1, 0.15) is 0 Å². The Morgan fingerprint density at radius 2 is 2.00 bits per heavy atom. The number of nitrogens with one attached hydrogen (secondary N) is 4. The topological polar surface area (TPSA) is 95.7 Å². The number of amides is 1. The van der Waals surface area contributed by atoms with Crippen molar-refractivity contribution in [2.24, 2.45) is 0 Å². The standard InChI is InChI=1S/C15H20N6O2S/c1-20(2)9-8-16-15(24)18-17-14(23)13-12(22)10-21(19-13)11-6-4-3-5-7-11/h3-7,10,22H,8-9H2,1-2H3,(H,17,23)(H2,16,18,24)/p+1. The van der Waals surface area contributed by atoms with Crippen molar-refractivity contribution in [3.63, 3.8) is 0 Å². The Morgan fingerprint density at radius 1 is 1.29 bits per heavy atom. The van der Waals surface area contributed by atoms with Crippen LogP contribution in [0.15, 0.2) is 36.5 Å². The van der Waals surface area contributed by atoms with Crippen molar-refractivity contribution in [1.82, 2.24) is 25.9 Å². The van der Waals surface area contributed by atoms with Crippen LogP contribution in [0.3, 0.4) is 0 Å².